The van der Waals surface area contributed by atoms with Crippen molar-refractivity contribution in [3.05, 3.63) is 12.2 Å². The number of thioether (sulfide) groups is 1. The Morgan fingerprint density at radius 2 is 2.60 bits per heavy atom. The number of nitrogens with two attached hydrogens (primary N) is 1. The summed E-state index contributed by atoms with van der Waals surface area (Å²) in [4.78, 5) is 3.85. The first-order valence-corrected chi connectivity index (χ1v) is 4.12. The van der Waals surface area contributed by atoms with E-state index in [-0.39, 0.29) is 0 Å². The van der Waals surface area contributed by atoms with E-state index < -0.39 is 0 Å². The molecular formula is C5H9N3OS. The second-order valence-electron chi connectivity index (χ2n) is 1.69. The van der Waals surface area contributed by atoms with Crippen LogP contribution in [0.25, 0.3) is 0 Å². The molecule has 0 amide bonds. The summed E-state index contributed by atoms with van der Waals surface area (Å²) in [5.41, 5.74) is 5.28. The predicted octanol–water partition coefficient (Wildman–Crippen LogP) is 0.262. The number of aromatic nitrogens is 2. The number of nitrogens with zero attached hydrogens (tertiary/aromatic N) is 2. The van der Waals surface area contributed by atoms with Gasteiger partial charge in [-0.1, -0.05) is 5.16 Å². The number of hydrogen-bond donors (Lipinski definition) is 1. The molecule has 0 unspecified atom stereocenters. The molecule has 0 spiro atoms. The van der Waals surface area contributed by atoms with E-state index in [4.69, 9.17) is 5.73 Å². The van der Waals surface area contributed by atoms with Gasteiger partial charge in [-0.2, -0.15) is 16.7 Å². The van der Waals surface area contributed by atoms with Gasteiger partial charge in [0.1, 0.15) is 0 Å². The Morgan fingerprint density at radius 1 is 1.70 bits per heavy atom. The molecule has 5 heteroatoms. The lowest BCUT2D eigenvalue weighted by molar-refractivity contribution is 0.412. The van der Waals surface area contributed by atoms with E-state index in [9.17, 15) is 0 Å². The van der Waals surface area contributed by atoms with Crippen LogP contribution in [0.3, 0.4) is 0 Å². The van der Waals surface area contributed by atoms with Crippen molar-refractivity contribution in [2.75, 3.05) is 12.3 Å². The summed E-state index contributed by atoms with van der Waals surface area (Å²) in [6.45, 7) is 0.697. The summed E-state index contributed by atoms with van der Waals surface area (Å²) in [5.74, 6) is 2.46. The zero-order chi connectivity index (χ0) is 7.23. The Hall–Kier alpha value is -0.550. The monoisotopic (exact) mass is 159 g/mol. The van der Waals surface area contributed by atoms with Crippen molar-refractivity contribution in [3.8, 4) is 0 Å². The van der Waals surface area contributed by atoms with Gasteiger partial charge >= 0.3 is 0 Å². The minimum Gasteiger partial charge on any atom is -0.343 e. The third kappa shape index (κ3) is 2.36. The van der Waals surface area contributed by atoms with Crippen LogP contribution >= 0.6 is 11.8 Å². The van der Waals surface area contributed by atoms with Crippen LogP contribution in [-0.4, -0.2) is 22.4 Å². The van der Waals surface area contributed by atoms with Gasteiger partial charge < -0.3 is 10.3 Å². The maximum atomic E-state index is 5.28. The van der Waals surface area contributed by atoms with E-state index >= 15 is 0 Å². The van der Waals surface area contributed by atoms with Crippen LogP contribution < -0.4 is 5.73 Å². The molecule has 0 fully saturated rings. The maximum absolute atomic E-state index is 5.28. The molecule has 0 aliphatic rings. The highest BCUT2D eigenvalue weighted by Crippen LogP contribution is 2.05. The summed E-state index contributed by atoms with van der Waals surface area (Å²) in [6.07, 6.45) is 1.33. The summed E-state index contributed by atoms with van der Waals surface area (Å²) < 4.78 is 4.54. The molecule has 0 radical (unpaired) electrons. The molecule has 0 saturated carbocycles. The van der Waals surface area contributed by atoms with Gasteiger partial charge in [0.05, 0.1) is 5.75 Å². The molecule has 0 bridgehead atoms. The lowest BCUT2D eigenvalue weighted by Gasteiger charge is -1.91. The SMILES string of the molecule is NCCSCc1ncon1. The normalized spacial score (nSPS) is 10.1. The van der Waals surface area contributed by atoms with Crippen molar-refractivity contribution >= 4 is 11.8 Å². The van der Waals surface area contributed by atoms with Gasteiger partial charge in [-0.25, -0.2) is 0 Å². The van der Waals surface area contributed by atoms with Crippen LogP contribution in [-0.2, 0) is 5.75 Å². The molecule has 10 heavy (non-hydrogen) atoms. The maximum Gasteiger partial charge on any atom is 0.213 e. The highest BCUT2D eigenvalue weighted by atomic mass is 32.2. The summed E-state index contributed by atoms with van der Waals surface area (Å²) in [6, 6.07) is 0. The Balaban J connectivity index is 2.15. The Kier molecular flexibility index (Phi) is 3.25. The van der Waals surface area contributed by atoms with Crippen LogP contribution in [0, 0.1) is 0 Å². The highest BCUT2D eigenvalue weighted by molar-refractivity contribution is 7.98. The van der Waals surface area contributed by atoms with Gasteiger partial charge in [0, 0.05) is 12.3 Å². The molecule has 0 aliphatic carbocycles. The van der Waals surface area contributed by atoms with Gasteiger partial charge in [-0.05, 0) is 0 Å². The quantitative estimate of drug-likeness (QED) is 0.638. The molecule has 0 saturated heterocycles. The van der Waals surface area contributed by atoms with Crippen molar-refractivity contribution in [2.45, 2.75) is 5.75 Å². The molecule has 1 heterocycles. The Labute approximate surface area is 63.2 Å². The van der Waals surface area contributed by atoms with Crippen LogP contribution in [0.15, 0.2) is 10.9 Å². The van der Waals surface area contributed by atoms with Crippen molar-refractivity contribution in [3.63, 3.8) is 0 Å². The molecule has 0 atom stereocenters. The van der Waals surface area contributed by atoms with Gasteiger partial charge in [-0.15, -0.1) is 0 Å². The first-order chi connectivity index (χ1) is 4.93. The summed E-state index contributed by atoms with van der Waals surface area (Å²) in [5, 5.41) is 3.64. The van der Waals surface area contributed by atoms with E-state index in [2.05, 4.69) is 14.7 Å². The number of hydrogen-bond acceptors (Lipinski definition) is 5. The average molecular weight is 159 g/mol. The second kappa shape index (κ2) is 4.29. The molecule has 0 aromatic carbocycles. The topological polar surface area (TPSA) is 64.9 Å². The first-order valence-electron chi connectivity index (χ1n) is 2.96. The molecular weight excluding hydrogens is 150 g/mol. The molecule has 4 nitrogen and oxygen atoms in total. The molecule has 56 valence electrons. The van der Waals surface area contributed by atoms with Crippen LogP contribution in [0.5, 0.6) is 0 Å². The standard InChI is InChI=1S/C5H9N3OS/c6-1-2-10-3-5-7-4-9-8-5/h4H,1-3,6H2. The third-order valence-corrected chi connectivity index (χ3v) is 1.89. The van der Waals surface area contributed by atoms with E-state index in [1.807, 2.05) is 0 Å². The summed E-state index contributed by atoms with van der Waals surface area (Å²) in [7, 11) is 0. The Bertz CT molecular complexity index is 165. The lowest BCUT2D eigenvalue weighted by atomic mass is 10.7. The largest absolute Gasteiger partial charge is 0.343 e. The van der Waals surface area contributed by atoms with Gasteiger partial charge in [0.25, 0.3) is 0 Å². The number of rotatable bonds is 4. The third-order valence-electron chi connectivity index (χ3n) is 0.900. The van der Waals surface area contributed by atoms with Gasteiger partial charge in [0.2, 0.25) is 6.39 Å². The minimum absolute atomic E-state index is 0.697. The second-order valence-corrected chi connectivity index (χ2v) is 2.79. The fraction of sp³-hybridized carbons (Fsp3) is 0.600. The van der Waals surface area contributed by atoms with Gasteiger partial charge in [0.15, 0.2) is 5.82 Å². The summed E-state index contributed by atoms with van der Waals surface area (Å²) >= 11 is 1.70. The molecule has 1 aromatic heterocycles. The van der Waals surface area contributed by atoms with E-state index in [0.29, 0.717) is 6.54 Å². The van der Waals surface area contributed by atoms with E-state index in [1.165, 1.54) is 6.39 Å². The lowest BCUT2D eigenvalue weighted by Crippen LogP contribution is -2.01. The minimum atomic E-state index is 0.697. The van der Waals surface area contributed by atoms with E-state index in [1.54, 1.807) is 11.8 Å². The van der Waals surface area contributed by atoms with Crippen molar-refractivity contribution in [1.82, 2.24) is 10.1 Å². The zero-order valence-electron chi connectivity index (χ0n) is 5.49. The zero-order valence-corrected chi connectivity index (χ0v) is 6.30. The fourth-order valence-corrected chi connectivity index (χ4v) is 1.12. The van der Waals surface area contributed by atoms with Crippen molar-refractivity contribution in [1.29, 1.82) is 0 Å². The molecule has 0 aliphatic heterocycles. The fourth-order valence-electron chi connectivity index (χ4n) is 0.503. The molecule has 1 rings (SSSR count). The van der Waals surface area contributed by atoms with Gasteiger partial charge in [-0.3, -0.25) is 0 Å². The van der Waals surface area contributed by atoms with Crippen molar-refractivity contribution in [2.24, 2.45) is 5.73 Å². The smallest absolute Gasteiger partial charge is 0.213 e. The Morgan fingerprint density at radius 3 is 3.20 bits per heavy atom. The van der Waals surface area contributed by atoms with Crippen LogP contribution in [0.2, 0.25) is 0 Å². The van der Waals surface area contributed by atoms with Crippen LogP contribution in [0.1, 0.15) is 5.82 Å². The first kappa shape index (κ1) is 7.56. The highest BCUT2D eigenvalue weighted by Gasteiger charge is 1.95. The predicted molar refractivity (Wildman–Crippen MR) is 39.5 cm³/mol. The van der Waals surface area contributed by atoms with Crippen molar-refractivity contribution < 1.29 is 4.52 Å². The van der Waals surface area contributed by atoms with Crippen LogP contribution in [0.4, 0.5) is 0 Å². The van der Waals surface area contributed by atoms with E-state index in [0.717, 1.165) is 17.3 Å². The average Bonchev–Trinajstić information content (AvgIpc) is 2.41. The molecule has 2 N–H and O–H groups in total. The molecule has 1 aromatic rings.